The highest BCUT2D eigenvalue weighted by molar-refractivity contribution is 5.96. The Morgan fingerprint density at radius 1 is 1.24 bits per heavy atom. The van der Waals surface area contributed by atoms with Gasteiger partial charge in [0.25, 0.3) is 5.91 Å². The minimum Gasteiger partial charge on any atom is -0.453 e. The van der Waals surface area contributed by atoms with Crippen molar-refractivity contribution in [1.82, 2.24) is 15.1 Å². The molecule has 146 valence electrons. The Morgan fingerprint density at radius 3 is 2.79 bits per heavy atom. The van der Waals surface area contributed by atoms with Crippen LogP contribution in [0.4, 0.5) is 5.69 Å². The number of ether oxygens (including phenoxy) is 1. The average Bonchev–Trinajstić information content (AvgIpc) is 3.22. The van der Waals surface area contributed by atoms with Crippen molar-refractivity contribution in [3.8, 4) is 17.6 Å². The summed E-state index contributed by atoms with van der Waals surface area (Å²) in [6, 6.07) is 13.9. The minimum atomic E-state index is -1.03. The number of aromatic nitrogens is 3. The molecule has 1 atom stereocenters. The first-order chi connectivity index (χ1) is 14.1. The van der Waals surface area contributed by atoms with Crippen molar-refractivity contribution in [3.63, 3.8) is 0 Å². The van der Waals surface area contributed by atoms with E-state index in [1.807, 2.05) is 6.07 Å². The Labute approximate surface area is 166 Å². The predicted molar refractivity (Wildman–Crippen MR) is 101 cm³/mol. The van der Waals surface area contributed by atoms with Gasteiger partial charge in [-0.05, 0) is 31.2 Å². The first-order valence-electron chi connectivity index (χ1n) is 8.80. The van der Waals surface area contributed by atoms with Gasteiger partial charge in [-0.3, -0.25) is 14.6 Å². The Bertz CT molecular complexity index is 1040. The number of rotatable bonds is 7. The van der Waals surface area contributed by atoms with E-state index in [-0.39, 0.29) is 18.7 Å². The second-order valence-electron chi connectivity index (χ2n) is 6.01. The van der Waals surface area contributed by atoms with E-state index in [0.717, 1.165) is 0 Å². The predicted octanol–water partition coefficient (Wildman–Crippen LogP) is 2.51. The number of anilines is 1. The summed E-state index contributed by atoms with van der Waals surface area (Å²) in [5.41, 5.74) is 1.24. The Balaban J connectivity index is 1.50. The van der Waals surface area contributed by atoms with E-state index >= 15 is 0 Å². The molecule has 0 spiro atoms. The quantitative estimate of drug-likeness (QED) is 0.608. The van der Waals surface area contributed by atoms with E-state index in [4.69, 9.17) is 14.5 Å². The molecule has 0 aliphatic heterocycles. The number of hydrogen-bond donors (Lipinski definition) is 1. The van der Waals surface area contributed by atoms with Crippen molar-refractivity contribution in [1.29, 1.82) is 5.26 Å². The molecule has 1 unspecified atom stereocenters. The summed E-state index contributed by atoms with van der Waals surface area (Å²) in [6.45, 7) is 1.45. The second kappa shape index (κ2) is 9.23. The number of benzene rings is 1. The summed E-state index contributed by atoms with van der Waals surface area (Å²) in [7, 11) is 0. The van der Waals surface area contributed by atoms with Gasteiger partial charge >= 0.3 is 5.97 Å². The SMILES string of the molecule is CC(OC(=O)CCc1nc(-c2ccccn2)no1)C(=O)Nc1ccccc1C#N. The highest BCUT2D eigenvalue weighted by Gasteiger charge is 2.20. The number of esters is 1. The van der Waals surface area contributed by atoms with Gasteiger partial charge in [-0.2, -0.15) is 10.2 Å². The molecule has 0 radical (unpaired) electrons. The molecule has 0 aliphatic rings. The fraction of sp³-hybridized carbons (Fsp3) is 0.200. The standard InChI is InChI=1S/C20H17N5O4/c1-13(20(27)23-15-7-3-2-6-14(15)12-21)28-18(26)10-9-17-24-19(25-29-17)16-8-4-5-11-22-16/h2-8,11,13H,9-10H2,1H3,(H,23,27). The van der Waals surface area contributed by atoms with Crippen molar-refractivity contribution < 1.29 is 18.8 Å². The molecule has 3 rings (SSSR count). The van der Waals surface area contributed by atoms with Crippen molar-refractivity contribution in [3.05, 3.63) is 60.1 Å². The summed E-state index contributed by atoms with van der Waals surface area (Å²) in [4.78, 5) is 32.5. The van der Waals surface area contributed by atoms with Crippen LogP contribution in [0.2, 0.25) is 0 Å². The van der Waals surface area contributed by atoms with Gasteiger partial charge in [0.05, 0.1) is 17.7 Å². The summed E-state index contributed by atoms with van der Waals surface area (Å²) in [6.07, 6.45) is 0.728. The number of nitrogens with zero attached hydrogens (tertiary/aromatic N) is 4. The summed E-state index contributed by atoms with van der Waals surface area (Å²) >= 11 is 0. The van der Waals surface area contributed by atoms with Crippen LogP contribution in [0.3, 0.4) is 0 Å². The summed E-state index contributed by atoms with van der Waals surface area (Å²) in [5, 5.41) is 15.5. The normalized spacial score (nSPS) is 11.3. The van der Waals surface area contributed by atoms with E-state index < -0.39 is 18.0 Å². The third kappa shape index (κ3) is 5.23. The Hall–Kier alpha value is -4.06. The van der Waals surface area contributed by atoms with Crippen molar-refractivity contribution >= 4 is 17.6 Å². The fourth-order valence-corrected chi connectivity index (χ4v) is 2.40. The molecule has 0 bridgehead atoms. The molecule has 1 N–H and O–H groups in total. The van der Waals surface area contributed by atoms with Crippen molar-refractivity contribution in [2.45, 2.75) is 25.9 Å². The van der Waals surface area contributed by atoms with Crippen molar-refractivity contribution in [2.75, 3.05) is 5.32 Å². The fourth-order valence-electron chi connectivity index (χ4n) is 2.40. The zero-order chi connectivity index (χ0) is 20.6. The smallest absolute Gasteiger partial charge is 0.307 e. The van der Waals surface area contributed by atoms with Gasteiger partial charge in [-0.1, -0.05) is 23.4 Å². The molecule has 9 heteroatoms. The first kappa shape index (κ1) is 19.7. The molecule has 2 heterocycles. The van der Waals surface area contributed by atoms with Crippen LogP contribution in [0, 0.1) is 11.3 Å². The van der Waals surface area contributed by atoms with Crippen molar-refractivity contribution in [2.24, 2.45) is 0 Å². The highest BCUT2D eigenvalue weighted by atomic mass is 16.5. The van der Waals surface area contributed by atoms with Crippen LogP contribution in [-0.4, -0.2) is 33.1 Å². The maximum Gasteiger partial charge on any atom is 0.307 e. The number of carbonyl (C=O) groups excluding carboxylic acids is 2. The molecule has 2 aromatic heterocycles. The molecule has 0 saturated heterocycles. The van der Waals surface area contributed by atoms with Crippen LogP contribution in [0.25, 0.3) is 11.5 Å². The number of amides is 1. The van der Waals surface area contributed by atoms with Gasteiger partial charge in [0.2, 0.25) is 11.7 Å². The zero-order valence-corrected chi connectivity index (χ0v) is 15.5. The van der Waals surface area contributed by atoms with Crippen LogP contribution in [0.1, 0.15) is 24.8 Å². The summed E-state index contributed by atoms with van der Waals surface area (Å²) < 4.78 is 10.2. The van der Waals surface area contributed by atoms with Gasteiger partial charge in [0.15, 0.2) is 6.10 Å². The van der Waals surface area contributed by atoms with Crippen LogP contribution < -0.4 is 5.32 Å². The van der Waals surface area contributed by atoms with E-state index in [9.17, 15) is 9.59 Å². The van der Waals surface area contributed by atoms with E-state index in [2.05, 4.69) is 20.4 Å². The third-order valence-corrected chi connectivity index (χ3v) is 3.89. The van der Waals surface area contributed by atoms with Gasteiger partial charge < -0.3 is 14.6 Å². The largest absolute Gasteiger partial charge is 0.453 e. The molecule has 1 aromatic carbocycles. The molecular formula is C20H17N5O4. The maximum absolute atomic E-state index is 12.2. The number of nitrogens with one attached hydrogen (secondary N) is 1. The van der Waals surface area contributed by atoms with Gasteiger partial charge in [0, 0.05) is 12.6 Å². The Morgan fingerprint density at radius 2 is 2.03 bits per heavy atom. The molecular weight excluding hydrogens is 374 g/mol. The molecule has 29 heavy (non-hydrogen) atoms. The number of nitriles is 1. The lowest BCUT2D eigenvalue weighted by atomic mass is 10.2. The van der Waals surface area contributed by atoms with Crippen LogP contribution in [0.5, 0.6) is 0 Å². The first-order valence-corrected chi connectivity index (χ1v) is 8.80. The lowest BCUT2D eigenvalue weighted by Gasteiger charge is -2.13. The van der Waals surface area contributed by atoms with Gasteiger partial charge in [0.1, 0.15) is 11.8 Å². The van der Waals surface area contributed by atoms with Crippen LogP contribution in [-0.2, 0) is 20.7 Å². The molecule has 0 saturated carbocycles. The molecule has 3 aromatic rings. The highest BCUT2D eigenvalue weighted by Crippen LogP contribution is 2.15. The second-order valence-corrected chi connectivity index (χ2v) is 6.01. The summed E-state index contributed by atoms with van der Waals surface area (Å²) in [5.74, 6) is -0.518. The molecule has 0 aliphatic carbocycles. The lowest BCUT2D eigenvalue weighted by molar-refractivity contribution is -0.153. The Kier molecular flexibility index (Phi) is 6.27. The molecule has 9 nitrogen and oxygen atoms in total. The number of para-hydroxylation sites is 1. The molecule has 1 amide bonds. The van der Waals surface area contributed by atoms with Gasteiger partial charge in [-0.25, -0.2) is 0 Å². The maximum atomic E-state index is 12.2. The van der Waals surface area contributed by atoms with Gasteiger partial charge in [-0.15, -0.1) is 0 Å². The minimum absolute atomic E-state index is 0.0315. The number of hydrogen-bond acceptors (Lipinski definition) is 8. The van der Waals surface area contributed by atoms with E-state index in [1.54, 1.807) is 48.7 Å². The number of aryl methyl sites for hydroxylation is 1. The number of pyridine rings is 1. The van der Waals surface area contributed by atoms with Crippen LogP contribution in [0.15, 0.2) is 53.2 Å². The lowest BCUT2D eigenvalue weighted by Crippen LogP contribution is -2.30. The van der Waals surface area contributed by atoms with E-state index in [1.165, 1.54) is 6.92 Å². The monoisotopic (exact) mass is 391 g/mol. The zero-order valence-electron chi connectivity index (χ0n) is 15.5. The third-order valence-electron chi connectivity index (χ3n) is 3.89. The number of carbonyl (C=O) groups is 2. The average molecular weight is 391 g/mol. The molecule has 0 fully saturated rings. The van der Waals surface area contributed by atoms with E-state index in [0.29, 0.717) is 22.8 Å². The topological polar surface area (TPSA) is 131 Å². The van der Waals surface area contributed by atoms with Crippen LogP contribution >= 0.6 is 0 Å².